The van der Waals surface area contributed by atoms with Crippen molar-refractivity contribution in [2.45, 2.75) is 38.8 Å². The first kappa shape index (κ1) is 13.4. The van der Waals surface area contributed by atoms with Crippen LogP contribution in [-0.2, 0) is 11.2 Å². The monoisotopic (exact) mass is 249 g/mol. The van der Waals surface area contributed by atoms with Gasteiger partial charge in [-0.15, -0.1) is 0 Å². The van der Waals surface area contributed by atoms with Crippen LogP contribution in [0, 0.1) is 5.92 Å². The Labute approximate surface area is 109 Å². The van der Waals surface area contributed by atoms with Gasteiger partial charge in [-0.3, -0.25) is 0 Å². The predicted octanol–water partition coefficient (Wildman–Crippen LogP) is 2.73. The lowest BCUT2D eigenvalue weighted by atomic mass is 10.0. The van der Waals surface area contributed by atoms with Gasteiger partial charge in [-0.2, -0.15) is 0 Å². The Kier molecular flexibility index (Phi) is 4.25. The largest absolute Gasteiger partial charge is 0.493 e. The number of hydrogen-bond acceptors (Lipinski definition) is 3. The van der Waals surface area contributed by atoms with Gasteiger partial charge in [-0.1, -0.05) is 26.0 Å². The number of hydrogen-bond donors (Lipinski definition) is 1. The number of ether oxygens (including phenoxy) is 2. The third-order valence-electron chi connectivity index (χ3n) is 3.14. The average Bonchev–Trinajstić information content (AvgIpc) is 2.75. The van der Waals surface area contributed by atoms with Crippen molar-refractivity contribution in [3.63, 3.8) is 0 Å². The second-order valence-electron chi connectivity index (χ2n) is 5.54. The first-order valence-corrected chi connectivity index (χ1v) is 6.72. The predicted molar refractivity (Wildman–Crippen MR) is 72.6 cm³/mol. The molecule has 2 rings (SSSR count). The molecule has 1 atom stereocenters. The molecule has 1 aromatic carbocycles. The van der Waals surface area contributed by atoms with Crippen molar-refractivity contribution >= 4 is 0 Å². The minimum absolute atomic E-state index is 0.458. The van der Waals surface area contributed by atoms with E-state index in [0.717, 1.165) is 38.2 Å². The summed E-state index contributed by atoms with van der Waals surface area (Å²) in [7, 11) is 0. The normalized spacial score (nSPS) is 23.6. The van der Waals surface area contributed by atoms with Gasteiger partial charge in [0.25, 0.3) is 0 Å². The first-order chi connectivity index (χ1) is 8.57. The molecule has 3 heteroatoms. The molecule has 1 aliphatic rings. The molecule has 100 valence electrons. The summed E-state index contributed by atoms with van der Waals surface area (Å²) >= 11 is 0. The van der Waals surface area contributed by atoms with Crippen LogP contribution in [0.2, 0.25) is 0 Å². The van der Waals surface area contributed by atoms with Crippen molar-refractivity contribution in [1.82, 2.24) is 0 Å². The maximum Gasteiger partial charge on any atom is 0.120 e. The molecular formula is C15H23NO2. The van der Waals surface area contributed by atoms with Crippen LogP contribution in [0.3, 0.4) is 0 Å². The Bertz CT molecular complexity index is 367. The lowest BCUT2D eigenvalue weighted by Crippen LogP contribution is -2.41. The topological polar surface area (TPSA) is 44.5 Å². The van der Waals surface area contributed by atoms with Gasteiger partial charge in [0, 0.05) is 13.0 Å². The first-order valence-electron chi connectivity index (χ1n) is 6.72. The Balaban J connectivity index is 1.91. The van der Waals surface area contributed by atoms with E-state index < -0.39 is 5.72 Å². The zero-order valence-electron chi connectivity index (χ0n) is 11.3. The molecule has 1 heterocycles. The highest BCUT2D eigenvalue weighted by Gasteiger charge is 2.30. The van der Waals surface area contributed by atoms with Gasteiger partial charge in [-0.25, -0.2) is 0 Å². The minimum Gasteiger partial charge on any atom is -0.493 e. The van der Waals surface area contributed by atoms with Gasteiger partial charge in [0.15, 0.2) is 0 Å². The lowest BCUT2D eigenvalue weighted by molar-refractivity contribution is 0.0100. The Morgan fingerprint density at radius 1 is 1.33 bits per heavy atom. The lowest BCUT2D eigenvalue weighted by Gasteiger charge is -2.23. The van der Waals surface area contributed by atoms with Crippen LogP contribution in [0.4, 0.5) is 0 Å². The highest BCUT2D eigenvalue weighted by atomic mass is 16.5. The van der Waals surface area contributed by atoms with E-state index in [9.17, 15) is 0 Å². The Hall–Kier alpha value is -1.06. The maximum atomic E-state index is 6.17. The smallest absolute Gasteiger partial charge is 0.120 e. The van der Waals surface area contributed by atoms with Gasteiger partial charge < -0.3 is 15.2 Å². The fourth-order valence-electron chi connectivity index (χ4n) is 2.17. The molecule has 0 amide bonds. The zero-order valence-corrected chi connectivity index (χ0v) is 11.3. The van der Waals surface area contributed by atoms with Crippen molar-refractivity contribution in [2.75, 3.05) is 13.2 Å². The maximum absolute atomic E-state index is 6.17. The number of benzene rings is 1. The second kappa shape index (κ2) is 5.72. The van der Waals surface area contributed by atoms with Crippen LogP contribution in [0.1, 0.15) is 32.3 Å². The molecule has 0 radical (unpaired) electrons. The molecule has 0 saturated carbocycles. The summed E-state index contributed by atoms with van der Waals surface area (Å²) in [6, 6.07) is 8.17. The van der Waals surface area contributed by atoms with E-state index in [0.29, 0.717) is 5.92 Å². The molecule has 1 aliphatic heterocycles. The van der Waals surface area contributed by atoms with E-state index in [1.165, 1.54) is 5.56 Å². The fraction of sp³-hybridized carbons (Fsp3) is 0.600. The van der Waals surface area contributed by atoms with E-state index in [1.807, 2.05) is 12.1 Å². The van der Waals surface area contributed by atoms with Crippen LogP contribution in [0.25, 0.3) is 0 Å². The van der Waals surface area contributed by atoms with Crippen molar-refractivity contribution in [1.29, 1.82) is 0 Å². The molecule has 3 nitrogen and oxygen atoms in total. The van der Waals surface area contributed by atoms with Gasteiger partial charge >= 0.3 is 0 Å². The molecule has 0 aromatic heterocycles. The van der Waals surface area contributed by atoms with Crippen molar-refractivity contribution in [3.8, 4) is 5.75 Å². The second-order valence-corrected chi connectivity index (χ2v) is 5.54. The Morgan fingerprint density at radius 3 is 2.61 bits per heavy atom. The molecule has 1 aromatic rings. The van der Waals surface area contributed by atoms with Crippen molar-refractivity contribution in [3.05, 3.63) is 29.8 Å². The summed E-state index contributed by atoms with van der Waals surface area (Å²) in [4.78, 5) is 0. The highest BCUT2D eigenvalue weighted by molar-refractivity contribution is 5.28. The van der Waals surface area contributed by atoms with E-state index in [1.54, 1.807) is 0 Å². The van der Waals surface area contributed by atoms with E-state index >= 15 is 0 Å². The molecule has 0 bridgehead atoms. The summed E-state index contributed by atoms with van der Waals surface area (Å²) in [5, 5.41) is 0. The molecule has 0 aliphatic carbocycles. The fourth-order valence-corrected chi connectivity index (χ4v) is 2.17. The molecule has 2 N–H and O–H groups in total. The van der Waals surface area contributed by atoms with Crippen LogP contribution in [-0.4, -0.2) is 18.9 Å². The number of rotatable bonds is 5. The van der Waals surface area contributed by atoms with Crippen LogP contribution >= 0.6 is 0 Å². The summed E-state index contributed by atoms with van der Waals surface area (Å²) in [5.41, 5.74) is 6.92. The van der Waals surface area contributed by atoms with E-state index in [4.69, 9.17) is 15.2 Å². The van der Waals surface area contributed by atoms with Crippen molar-refractivity contribution < 1.29 is 9.47 Å². The molecule has 1 unspecified atom stereocenters. The average molecular weight is 249 g/mol. The third-order valence-corrected chi connectivity index (χ3v) is 3.14. The molecule has 1 fully saturated rings. The van der Waals surface area contributed by atoms with Crippen LogP contribution < -0.4 is 10.5 Å². The summed E-state index contributed by atoms with van der Waals surface area (Å²) in [5.74, 6) is 1.47. The van der Waals surface area contributed by atoms with Gasteiger partial charge in [0.05, 0.1) is 6.61 Å². The van der Waals surface area contributed by atoms with E-state index in [2.05, 4.69) is 26.0 Å². The quantitative estimate of drug-likeness (QED) is 0.872. The van der Waals surface area contributed by atoms with Gasteiger partial charge in [-0.05, 0) is 36.5 Å². The van der Waals surface area contributed by atoms with Gasteiger partial charge in [0.2, 0.25) is 0 Å². The van der Waals surface area contributed by atoms with Crippen LogP contribution in [0.5, 0.6) is 5.75 Å². The van der Waals surface area contributed by atoms with E-state index in [-0.39, 0.29) is 0 Å². The molecule has 18 heavy (non-hydrogen) atoms. The zero-order chi connectivity index (χ0) is 13.0. The van der Waals surface area contributed by atoms with Crippen molar-refractivity contribution in [2.24, 2.45) is 11.7 Å². The Morgan fingerprint density at radius 2 is 2.06 bits per heavy atom. The summed E-state index contributed by atoms with van der Waals surface area (Å²) in [6.45, 7) is 5.82. The molecular weight excluding hydrogens is 226 g/mol. The standard InChI is InChI=1S/C15H23NO2/c1-12(2)11-17-14-6-4-13(5-7-14)10-15(16)8-3-9-18-15/h4-7,12H,3,8-11,16H2,1-2H3. The molecule has 0 spiro atoms. The highest BCUT2D eigenvalue weighted by Crippen LogP contribution is 2.25. The SMILES string of the molecule is CC(C)COc1ccc(CC2(N)CCCO2)cc1. The van der Waals surface area contributed by atoms with Crippen LogP contribution in [0.15, 0.2) is 24.3 Å². The third kappa shape index (κ3) is 3.72. The summed E-state index contributed by atoms with van der Waals surface area (Å²) in [6.07, 6.45) is 2.78. The summed E-state index contributed by atoms with van der Waals surface area (Å²) < 4.78 is 11.3. The van der Waals surface area contributed by atoms with Gasteiger partial charge in [0.1, 0.15) is 11.5 Å². The molecule has 1 saturated heterocycles. The minimum atomic E-state index is -0.458. The number of nitrogens with two attached hydrogens (primary N) is 1.